The van der Waals surface area contributed by atoms with Crippen molar-refractivity contribution in [1.29, 1.82) is 0 Å². The zero-order chi connectivity index (χ0) is 15.1. The average Bonchev–Trinajstić information content (AvgIpc) is 2.86. The van der Waals surface area contributed by atoms with E-state index in [0.717, 1.165) is 18.7 Å². The summed E-state index contributed by atoms with van der Waals surface area (Å²) < 4.78 is 5.47. The van der Waals surface area contributed by atoms with Gasteiger partial charge in [0.1, 0.15) is 0 Å². The second kappa shape index (κ2) is 4.95. The van der Waals surface area contributed by atoms with Crippen molar-refractivity contribution in [2.45, 2.75) is 51.5 Å². The lowest BCUT2D eigenvalue weighted by molar-refractivity contribution is 0.245. The van der Waals surface area contributed by atoms with Gasteiger partial charge in [-0.15, -0.1) is 0 Å². The van der Waals surface area contributed by atoms with Crippen molar-refractivity contribution in [3.8, 4) is 0 Å². The molecule has 0 amide bonds. The van der Waals surface area contributed by atoms with Crippen LogP contribution >= 0.6 is 0 Å². The first-order valence-corrected chi connectivity index (χ1v) is 7.59. The van der Waals surface area contributed by atoms with Gasteiger partial charge in [-0.3, -0.25) is 0 Å². The molecular formula is C17H23N3O. The van der Waals surface area contributed by atoms with Crippen molar-refractivity contribution < 1.29 is 4.52 Å². The Morgan fingerprint density at radius 3 is 2.38 bits per heavy atom. The van der Waals surface area contributed by atoms with E-state index in [9.17, 15) is 0 Å². The predicted octanol–water partition coefficient (Wildman–Crippen LogP) is 3.59. The largest absolute Gasteiger partial charge is 0.338 e. The summed E-state index contributed by atoms with van der Waals surface area (Å²) in [6, 6.07) is 10.2. The van der Waals surface area contributed by atoms with Gasteiger partial charge < -0.3 is 10.3 Å². The van der Waals surface area contributed by atoms with Crippen molar-refractivity contribution in [1.82, 2.24) is 10.1 Å². The number of nitrogens with two attached hydrogens (primary N) is 1. The fourth-order valence-electron chi connectivity index (χ4n) is 2.86. The minimum absolute atomic E-state index is 0.0827. The van der Waals surface area contributed by atoms with Crippen molar-refractivity contribution >= 4 is 0 Å². The van der Waals surface area contributed by atoms with Gasteiger partial charge >= 0.3 is 0 Å². The Morgan fingerprint density at radius 2 is 1.86 bits per heavy atom. The van der Waals surface area contributed by atoms with E-state index in [1.54, 1.807) is 0 Å². The molecule has 1 saturated carbocycles. The quantitative estimate of drug-likeness (QED) is 0.936. The van der Waals surface area contributed by atoms with Crippen LogP contribution in [0.3, 0.4) is 0 Å². The van der Waals surface area contributed by atoms with Crippen LogP contribution in [-0.4, -0.2) is 10.1 Å². The Labute approximate surface area is 125 Å². The molecule has 1 aromatic heterocycles. The minimum atomic E-state index is -0.244. The fraction of sp³-hybridized carbons (Fsp3) is 0.529. The topological polar surface area (TPSA) is 64.9 Å². The molecule has 4 nitrogen and oxygen atoms in total. The molecule has 1 atom stereocenters. The number of rotatable bonds is 3. The fourth-order valence-corrected chi connectivity index (χ4v) is 2.86. The first-order chi connectivity index (χ1) is 9.93. The summed E-state index contributed by atoms with van der Waals surface area (Å²) in [7, 11) is 0. The lowest BCUT2D eigenvalue weighted by Crippen LogP contribution is -2.36. The number of hydrogen-bond acceptors (Lipinski definition) is 4. The molecule has 1 aliphatic rings. The molecule has 1 aliphatic carbocycles. The van der Waals surface area contributed by atoms with Gasteiger partial charge in [-0.2, -0.15) is 4.98 Å². The average molecular weight is 285 g/mol. The highest BCUT2D eigenvalue weighted by Crippen LogP contribution is 2.48. The van der Waals surface area contributed by atoms with Crippen LogP contribution in [0.25, 0.3) is 0 Å². The molecule has 0 saturated heterocycles. The summed E-state index contributed by atoms with van der Waals surface area (Å²) in [6.07, 6.45) is 3.34. The molecule has 0 aliphatic heterocycles. The van der Waals surface area contributed by atoms with Gasteiger partial charge in [-0.25, -0.2) is 0 Å². The number of nitrogens with zero attached hydrogens (tertiary/aromatic N) is 2. The molecule has 4 heteroatoms. The van der Waals surface area contributed by atoms with Crippen LogP contribution in [0.1, 0.15) is 63.4 Å². The van der Waals surface area contributed by atoms with E-state index in [0.29, 0.717) is 5.89 Å². The third-order valence-electron chi connectivity index (χ3n) is 4.60. The standard InChI is InChI=1S/C17H23N3O/c1-16(2,3)13(18)14-19-15(20-21-14)17(10-7-11-17)12-8-5-4-6-9-12/h4-6,8-9,13H,7,10-11,18H2,1-3H3/t13-/m0/s1. The van der Waals surface area contributed by atoms with E-state index in [4.69, 9.17) is 10.3 Å². The highest BCUT2D eigenvalue weighted by Gasteiger charge is 2.45. The lowest BCUT2D eigenvalue weighted by atomic mass is 9.64. The molecule has 0 radical (unpaired) electrons. The van der Waals surface area contributed by atoms with Gasteiger partial charge in [0, 0.05) is 0 Å². The summed E-state index contributed by atoms with van der Waals surface area (Å²) in [5, 5.41) is 4.26. The molecule has 3 rings (SSSR count). The zero-order valence-corrected chi connectivity index (χ0v) is 13.0. The minimum Gasteiger partial charge on any atom is -0.338 e. The van der Waals surface area contributed by atoms with E-state index in [2.05, 4.69) is 55.2 Å². The summed E-state index contributed by atoms with van der Waals surface area (Å²) in [6.45, 7) is 6.24. The Bertz CT molecular complexity index is 608. The van der Waals surface area contributed by atoms with Crippen LogP contribution < -0.4 is 5.73 Å². The monoisotopic (exact) mass is 285 g/mol. The Balaban J connectivity index is 1.95. The van der Waals surface area contributed by atoms with Gasteiger partial charge in [-0.1, -0.05) is 62.7 Å². The highest BCUT2D eigenvalue weighted by atomic mass is 16.5. The van der Waals surface area contributed by atoms with Crippen LogP contribution in [0.4, 0.5) is 0 Å². The SMILES string of the molecule is CC(C)(C)[C@@H](N)c1nc(C2(c3ccccc3)CCC2)no1. The van der Waals surface area contributed by atoms with Crippen LogP contribution in [0, 0.1) is 5.41 Å². The first-order valence-electron chi connectivity index (χ1n) is 7.59. The smallest absolute Gasteiger partial charge is 0.244 e. The molecule has 0 unspecified atom stereocenters. The van der Waals surface area contributed by atoms with Crippen molar-refractivity contribution in [2.75, 3.05) is 0 Å². The zero-order valence-electron chi connectivity index (χ0n) is 13.0. The maximum absolute atomic E-state index is 6.23. The molecule has 1 heterocycles. The molecule has 1 fully saturated rings. The molecule has 0 bridgehead atoms. The summed E-state index contributed by atoms with van der Waals surface area (Å²) in [4.78, 5) is 4.64. The summed E-state index contributed by atoms with van der Waals surface area (Å²) >= 11 is 0. The molecule has 1 aromatic carbocycles. The highest BCUT2D eigenvalue weighted by molar-refractivity contribution is 5.35. The van der Waals surface area contributed by atoms with Crippen LogP contribution in [0.15, 0.2) is 34.9 Å². The van der Waals surface area contributed by atoms with Gasteiger partial charge in [0.05, 0.1) is 11.5 Å². The van der Waals surface area contributed by atoms with Crippen LogP contribution in [-0.2, 0) is 5.41 Å². The maximum Gasteiger partial charge on any atom is 0.244 e. The number of aromatic nitrogens is 2. The normalized spacial score (nSPS) is 19.0. The third-order valence-corrected chi connectivity index (χ3v) is 4.60. The van der Waals surface area contributed by atoms with Crippen molar-refractivity contribution in [3.05, 3.63) is 47.6 Å². The number of hydrogen-bond donors (Lipinski definition) is 1. The molecular weight excluding hydrogens is 262 g/mol. The second-order valence-corrected chi connectivity index (χ2v) is 7.10. The van der Waals surface area contributed by atoms with Crippen LogP contribution in [0.2, 0.25) is 0 Å². The van der Waals surface area contributed by atoms with E-state index < -0.39 is 0 Å². The first kappa shape index (κ1) is 14.3. The van der Waals surface area contributed by atoms with Gasteiger partial charge in [0.15, 0.2) is 5.82 Å². The Hall–Kier alpha value is -1.68. The van der Waals surface area contributed by atoms with Gasteiger partial charge in [0.25, 0.3) is 0 Å². The third kappa shape index (κ3) is 2.38. The molecule has 2 aromatic rings. The van der Waals surface area contributed by atoms with Gasteiger partial charge in [0.2, 0.25) is 5.89 Å². The van der Waals surface area contributed by atoms with Crippen molar-refractivity contribution in [2.24, 2.45) is 11.1 Å². The van der Waals surface area contributed by atoms with E-state index >= 15 is 0 Å². The molecule has 21 heavy (non-hydrogen) atoms. The Morgan fingerprint density at radius 1 is 1.19 bits per heavy atom. The van der Waals surface area contributed by atoms with E-state index in [-0.39, 0.29) is 16.9 Å². The molecule has 0 spiro atoms. The van der Waals surface area contributed by atoms with Crippen molar-refractivity contribution in [3.63, 3.8) is 0 Å². The number of benzene rings is 1. The molecule has 112 valence electrons. The Kier molecular flexibility index (Phi) is 3.36. The van der Waals surface area contributed by atoms with E-state index in [1.165, 1.54) is 12.0 Å². The summed E-state index contributed by atoms with van der Waals surface area (Å²) in [5.74, 6) is 1.33. The predicted molar refractivity (Wildman–Crippen MR) is 81.8 cm³/mol. The van der Waals surface area contributed by atoms with E-state index in [1.807, 2.05) is 6.07 Å². The lowest BCUT2D eigenvalue weighted by Gasteiger charge is -2.39. The second-order valence-electron chi connectivity index (χ2n) is 7.10. The van der Waals surface area contributed by atoms with Gasteiger partial charge in [-0.05, 0) is 23.8 Å². The van der Waals surface area contributed by atoms with Crippen LogP contribution in [0.5, 0.6) is 0 Å². The molecule has 2 N–H and O–H groups in total. The maximum atomic E-state index is 6.23. The summed E-state index contributed by atoms with van der Waals surface area (Å²) in [5.41, 5.74) is 7.33.